The molecule has 284 valence electrons. The summed E-state index contributed by atoms with van der Waals surface area (Å²) in [5.74, 6) is 2.24. The average molecular weight is 775 g/mol. The summed E-state index contributed by atoms with van der Waals surface area (Å²) in [6.07, 6.45) is 8.62. The van der Waals surface area contributed by atoms with Gasteiger partial charge < -0.3 is 18.8 Å². The number of ether oxygens (including phenoxy) is 1. The van der Waals surface area contributed by atoms with Crippen molar-refractivity contribution in [2.75, 3.05) is 18.0 Å². The first kappa shape index (κ1) is 31.6. The predicted octanol–water partition coefficient (Wildman–Crippen LogP) is 9.85. The monoisotopic (exact) mass is 774 g/mol. The van der Waals surface area contributed by atoms with Crippen LogP contribution in [0, 0.1) is 6.33 Å². The largest absolute Gasteiger partial charge is 0.458 e. The second kappa shape index (κ2) is 13.6. The Labute approximate surface area is 344 Å². The smallest absolute Gasteiger partial charge is 0.244 e. The lowest BCUT2D eigenvalue weighted by atomic mass is 9.85. The van der Waals surface area contributed by atoms with Gasteiger partial charge in [0.2, 0.25) is 6.33 Å². The van der Waals surface area contributed by atoms with Crippen molar-refractivity contribution >= 4 is 57.0 Å². The van der Waals surface area contributed by atoms with Crippen LogP contribution in [0.15, 0.2) is 152 Å². The maximum Gasteiger partial charge on any atom is 0.244 e. The lowest BCUT2D eigenvalue weighted by molar-refractivity contribution is -0.649. The molecule has 2 aliphatic heterocycles. The van der Waals surface area contributed by atoms with Gasteiger partial charge in [-0.05, 0) is 90.6 Å². The SMILES string of the molecule is [2H]C([2H])([2H])[n+]1[c-]n(-c2cccc(Oc3ccc4c5ccccc5n(-c5cc(C6c7ccccc7[Si](C)(C)c7ccccc76)ccn5)c4c3)c2)c2ccc(N3CCCCC3)cc21. The zero-order valence-electron chi connectivity index (χ0n) is 35.7. The number of hydrogen-bond donors (Lipinski definition) is 0. The summed E-state index contributed by atoms with van der Waals surface area (Å²) >= 11 is 0. The van der Waals surface area contributed by atoms with E-state index >= 15 is 0 Å². The third-order valence-corrected chi connectivity index (χ3v) is 16.1. The van der Waals surface area contributed by atoms with E-state index in [0.29, 0.717) is 17.0 Å². The number of fused-ring (bicyclic) bond motifs is 6. The fourth-order valence-corrected chi connectivity index (χ4v) is 13.0. The molecule has 0 amide bonds. The van der Waals surface area contributed by atoms with Crippen LogP contribution in [0.2, 0.25) is 13.1 Å². The molecule has 9 aromatic rings. The Bertz CT molecular complexity index is 3110. The van der Waals surface area contributed by atoms with Crippen molar-refractivity contribution in [2.24, 2.45) is 6.98 Å². The van der Waals surface area contributed by atoms with Gasteiger partial charge in [-0.3, -0.25) is 4.57 Å². The molecular weight excluding hydrogens is 727 g/mol. The Morgan fingerprint density at radius 1 is 0.672 bits per heavy atom. The number of anilines is 1. The molecule has 1 saturated heterocycles. The Morgan fingerprint density at radius 3 is 2.22 bits per heavy atom. The molecule has 0 radical (unpaired) electrons. The van der Waals surface area contributed by atoms with E-state index in [2.05, 4.69) is 132 Å². The number of piperidine rings is 1. The molecule has 11 rings (SSSR count). The lowest BCUT2D eigenvalue weighted by Gasteiger charge is -2.38. The van der Waals surface area contributed by atoms with E-state index in [1.54, 1.807) is 0 Å². The van der Waals surface area contributed by atoms with Gasteiger partial charge in [0.05, 0.1) is 38.8 Å². The zero-order chi connectivity index (χ0) is 41.5. The van der Waals surface area contributed by atoms with Crippen LogP contribution < -0.4 is 24.6 Å². The molecule has 6 nitrogen and oxygen atoms in total. The summed E-state index contributed by atoms with van der Waals surface area (Å²) in [6.45, 7) is 4.48. The molecule has 1 fully saturated rings. The Kier molecular flexibility index (Phi) is 7.41. The van der Waals surface area contributed by atoms with E-state index in [0.717, 1.165) is 70.4 Å². The van der Waals surface area contributed by atoms with E-state index in [9.17, 15) is 0 Å². The van der Waals surface area contributed by atoms with Gasteiger partial charge in [0.15, 0.2) is 0 Å². The normalized spacial score (nSPS) is 16.2. The minimum Gasteiger partial charge on any atom is -0.458 e. The van der Waals surface area contributed by atoms with Crippen molar-refractivity contribution in [3.63, 3.8) is 0 Å². The van der Waals surface area contributed by atoms with Crippen molar-refractivity contribution in [1.29, 1.82) is 0 Å². The van der Waals surface area contributed by atoms with Crippen molar-refractivity contribution in [3.8, 4) is 23.0 Å². The van der Waals surface area contributed by atoms with Gasteiger partial charge in [0.25, 0.3) is 0 Å². The van der Waals surface area contributed by atoms with Gasteiger partial charge in [-0.25, -0.2) is 4.98 Å². The maximum absolute atomic E-state index is 8.37. The molecule has 7 heteroatoms. The highest BCUT2D eigenvalue weighted by Crippen LogP contribution is 2.39. The first-order chi connectivity index (χ1) is 29.6. The first-order valence-electron chi connectivity index (χ1n) is 21.9. The molecule has 6 aromatic carbocycles. The molecule has 5 heterocycles. The van der Waals surface area contributed by atoms with E-state index in [1.807, 2.05) is 53.2 Å². The van der Waals surface area contributed by atoms with Crippen LogP contribution in [0.4, 0.5) is 5.69 Å². The average Bonchev–Trinajstić information content (AvgIpc) is 3.83. The van der Waals surface area contributed by atoms with Gasteiger partial charge in [-0.1, -0.05) is 108 Å². The molecule has 0 N–H and O–H groups in total. The molecule has 0 atom stereocenters. The summed E-state index contributed by atoms with van der Waals surface area (Å²) in [4.78, 5) is 7.38. The van der Waals surface area contributed by atoms with Crippen LogP contribution in [-0.4, -0.2) is 35.3 Å². The number of imidazole rings is 1. The summed E-state index contributed by atoms with van der Waals surface area (Å²) in [7, 11) is -1.90. The number of aromatic nitrogens is 4. The van der Waals surface area contributed by atoms with Crippen molar-refractivity contribution in [3.05, 3.63) is 175 Å². The predicted molar refractivity (Wildman–Crippen MR) is 239 cm³/mol. The van der Waals surface area contributed by atoms with Crippen molar-refractivity contribution in [2.45, 2.75) is 38.3 Å². The maximum atomic E-state index is 8.37. The van der Waals surface area contributed by atoms with Crippen molar-refractivity contribution in [1.82, 2.24) is 14.1 Å². The molecule has 0 saturated carbocycles. The second-order valence-electron chi connectivity index (χ2n) is 16.3. The number of aryl methyl sites for hydroxylation is 1. The number of benzene rings is 6. The second-order valence-corrected chi connectivity index (χ2v) is 20.6. The van der Waals surface area contributed by atoms with E-state index < -0.39 is 15.0 Å². The third-order valence-electron chi connectivity index (χ3n) is 12.5. The Hall–Kier alpha value is -6.44. The molecule has 0 spiro atoms. The van der Waals surface area contributed by atoms with Crippen LogP contribution >= 0.6 is 0 Å². The topological polar surface area (TPSA) is 39.1 Å². The number of hydrogen-bond acceptors (Lipinski definition) is 3. The van der Waals surface area contributed by atoms with E-state index in [-0.39, 0.29) is 5.92 Å². The minimum absolute atomic E-state index is 0.0922. The Balaban J connectivity index is 0.982. The molecule has 58 heavy (non-hydrogen) atoms. The minimum atomic E-state index is -2.40. The van der Waals surface area contributed by atoms with Crippen LogP contribution in [0.5, 0.6) is 11.5 Å². The highest BCUT2D eigenvalue weighted by molar-refractivity contribution is 7.01. The van der Waals surface area contributed by atoms with Crippen molar-refractivity contribution < 1.29 is 13.4 Å². The molecule has 2 aliphatic rings. The summed E-state index contributed by atoms with van der Waals surface area (Å²) < 4.78 is 37.1. The van der Waals surface area contributed by atoms with Gasteiger partial charge in [-0.15, -0.1) is 0 Å². The zero-order valence-corrected chi connectivity index (χ0v) is 33.7. The highest BCUT2D eigenvalue weighted by atomic mass is 28.3. The van der Waals surface area contributed by atoms with Crippen LogP contribution in [0.3, 0.4) is 0 Å². The Morgan fingerprint density at radius 2 is 1.41 bits per heavy atom. The molecule has 3 aromatic heterocycles. The van der Waals surface area contributed by atoms with E-state index in [4.69, 9.17) is 13.8 Å². The molecule has 0 bridgehead atoms. The van der Waals surface area contributed by atoms with Crippen LogP contribution in [0.1, 0.15) is 46.0 Å². The van der Waals surface area contributed by atoms with E-state index in [1.165, 1.54) is 38.1 Å². The quantitative estimate of drug-likeness (QED) is 0.0960. The first-order valence-corrected chi connectivity index (χ1v) is 23.4. The number of pyridine rings is 1. The fraction of sp³-hybridized carbons (Fsp3) is 0.176. The summed E-state index contributed by atoms with van der Waals surface area (Å²) in [5.41, 5.74) is 9.22. The molecular formula is C51H45N5OSi. The standard InChI is InChI=1S/C51H45N5OSi/c1-53-34-55(45-25-22-36(32-47(45)53)54-28-11-4-12-29-54)37-14-13-15-38(31-37)57-39-23-24-41-40-16-5-8-19-44(40)56(46(41)33-39)50-30-35(26-27-52-50)51-42-17-6-9-20-48(42)58(2,3)49-21-10-7-18-43(49)51/h5-10,13-27,30-33,51H,4,11-12,28-29H2,1-3H3/i1D3. The lowest BCUT2D eigenvalue weighted by Crippen LogP contribution is -2.59. The summed E-state index contributed by atoms with van der Waals surface area (Å²) in [6, 6.07) is 51.1. The molecule has 0 unspecified atom stereocenters. The highest BCUT2D eigenvalue weighted by Gasteiger charge is 2.39. The van der Waals surface area contributed by atoms with Gasteiger partial charge >= 0.3 is 0 Å². The third kappa shape index (κ3) is 5.59. The van der Waals surface area contributed by atoms with Gasteiger partial charge in [0, 0.05) is 47.7 Å². The fourth-order valence-electron chi connectivity index (χ4n) is 9.76. The number of para-hydroxylation sites is 1. The van der Waals surface area contributed by atoms with Crippen LogP contribution in [-0.2, 0) is 6.98 Å². The molecule has 0 aliphatic carbocycles. The van der Waals surface area contributed by atoms with Gasteiger partial charge in [0.1, 0.15) is 25.4 Å². The number of rotatable bonds is 6. The van der Waals surface area contributed by atoms with Gasteiger partial charge in [-0.2, -0.15) is 0 Å². The van der Waals surface area contributed by atoms with Crippen LogP contribution in [0.25, 0.3) is 44.3 Å². The summed E-state index contributed by atoms with van der Waals surface area (Å²) in [5, 5.41) is 5.22. The number of nitrogens with zero attached hydrogens (tertiary/aromatic N) is 5.